The Morgan fingerprint density at radius 2 is 1.62 bits per heavy atom. The van der Waals surface area contributed by atoms with Crippen LogP contribution in [0.5, 0.6) is 0 Å². The molecule has 1 saturated heterocycles. The number of carbonyl (C=O) groups excluding carboxylic acids is 1. The molecule has 0 amide bonds. The fourth-order valence-corrected chi connectivity index (χ4v) is 2.78. The fourth-order valence-electron chi connectivity index (χ4n) is 2.78. The molecule has 0 radical (unpaired) electrons. The van der Waals surface area contributed by atoms with E-state index in [-0.39, 0.29) is 11.6 Å². The van der Waals surface area contributed by atoms with E-state index in [1.807, 2.05) is 31.2 Å². The maximum absolute atomic E-state index is 12.0. The minimum atomic E-state index is -0.259. The van der Waals surface area contributed by atoms with Gasteiger partial charge in [-0.05, 0) is 37.5 Å². The molecule has 0 aromatic heterocycles. The Balaban J connectivity index is 1.58. The summed E-state index contributed by atoms with van der Waals surface area (Å²) in [5, 5.41) is 0. The second-order valence-corrected chi connectivity index (χ2v) is 7.24. The summed E-state index contributed by atoms with van der Waals surface area (Å²) in [4.78, 5) is 12.0. The summed E-state index contributed by atoms with van der Waals surface area (Å²) in [5.41, 5.74) is 1.68. The predicted octanol–water partition coefficient (Wildman–Crippen LogP) is 5.32. The van der Waals surface area contributed by atoms with Gasteiger partial charge in [0.15, 0.2) is 0 Å². The van der Waals surface area contributed by atoms with Crippen LogP contribution in [-0.4, -0.2) is 24.8 Å². The van der Waals surface area contributed by atoms with Crippen molar-refractivity contribution >= 4 is 5.97 Å². The van der Waals surface area contributed by atoms with Crippen LogP contribution < -0.4 is 0 Å². The Morgan fingerprint density at radius 3 is 2.21 bits per heavy atom. The molecule has 3 heteroatoms. The quantitative estimate of drug-likeness (QED) is 0.295. The minimum absolute atomic E-state index is 0.244. The summed E-state index contributed by atoms with van der Waals surface area (Å²) < 4.78 is 10.5. The molecule has 0 bridgehead atoms. The molecule has 0 spiro atoms. The molecule has 24 heavy (non-hydrogen) atoms. The zero-order chi connectivity index (χ0) is 17.3. The van der Waals surface area contributed by atoms with Crippen molar-refractivity contribution in [2.45, 2.75) is 77.2 Å². The Hall–Kier alpha value is -1.35. The molecule has 1 unspecified atom stereocenters. The maximum Gasteiger partial charge on any atom is 0.338 e. The highest BCUT2D eigenvalue weighted by molar-refractivity contribution is 5.89. The van der Waals surface area contributed by atoms with Crippen molar-refractivity contribution in [3.05, 3.63) is 35.4 Å². The number of unbranched alkanes of at least 4 members (excludes halogenated alkanes) is 7. The van der Waals surface area contributed by atoms with Gasteiger partial charge >= 0.3 is 5.97 Å². The van der Waals surface area contributed by atoms with Crippen LogP contribution in [0, 0.1) is 0 Å². The number of aryl methyl sites for hydroxylation is 1. The summed E-state index contributed by atoms with van der Waals surface area (Å²) in [5.74, 6) is -0.259. The summed E-state index contributed by atoms with van der Waals surface area (Å²) in [6.45, 7) is 5.23. The monoisotopic (exact) mass is 332 g/mol. The first-order chi connectivity index (χ1) is 11.6. The number of epoxide rings is 1. The Bertz CT molecular complexity index is 488. The summed E-state index contributed by atoms with van der Waals surface area (Å²) in [6.07, 6.45) is 11.8. The first-order valence-corrected chi connectivity index (χ1v) is 9.53. The van der Waals surface area contributed by atoms with Crippen LogP contribution in [0.3, 0.4) is 0 Å². The van der Waals surface area contributed by atoms with Gasteiger partial charge in [0.25, 0.3) is 0 Å². The smallest absolute Gasteiger partial charge is 0.338 e. The summed E-state index contributed by atoms with van der Waals surface area (Å²) in [6, 6.07) is 7.84. The van der Waals surface area contributed by atoms with Crippen LogP contribution >= 0.6 is 0 Å². The number of hydrogen-bond acceptors (Lipinski definition) is 3. The summed E-state index contributed by atoms with van der Waals surface area (Å²) in [7, 11) is 0. The predicted molar refractivity (Wildman–Crippen MR) is 97.4 cm³/mol. The van der Waals surface area contributed by atoms with Gasteiger partial charge < -0.3 is 9.47 Å². The van der Waals surface area contributed by atoms with Crippen LogP contribution in [0.25, 0.3) is 0 Å². The number of esters is 1. The van der Waals surface area contributed by atoms with Crippen LogP contribution in [-0.2, 0) is 15.9 Å². The van der Waals surface area contributed by atoms with E-state index in [1.54, 1.807) is 0 Å². The topological polar surface area (TPSA) is 38.8 Å². The zero-order valence-corrected chi connectivity index (χ0v) is 15.3. The van der Waals surface area contributed by atoms with Gasteiger partial charge in [0.1, 0.15) is 12.2 Å². The lowest BCUT2D eigenvalue weighted by atomic mass is 10.0. The maximum atomic E-state index is 12.0. The highest BCUT2D eigenvalue weighted by Crippen LogP contribution is 2.26. The molecule has 1 aromatic rings. The van der Waals surface area contributed by atoms with Crippen molar-refractivity contribution in [2.75, 3.05) is 13.2 Å². The molecule has 1 atom stereocenters. The first-order valence-electron chi connectivity index (χ1n) is 9.53. The van der Waals surface area contributed by atoms with E-state index in [4.69, 9.17) is 9.47 Å². The van der Waals surface area contributed by atoms with E-state index < -0.39 is 0 Å². The molecule has 1 aliphatic rings. The molecule has 1 aromatic carbocycles. The van der Waals surface area contributed by atoms with Crippen LogP contribution in [0.1, 0.15) is 81.1 Å². The molecule has 2 rings (SSSR count). The number of hydrogen-bond donors (Lipinski definition) is 0. The van der Waals surface area contributed by atoms with Gasteiger partial charge in [0.05, 0.1) is 12.2 Å². The Morgan fingerprint density at radius 1 is 1.04 bits per heavy atom. The summed E-state index contributed by atoms with van der Waals surface area (Å²) >= 11 is 0. The van der Waals surface area contributed by atoms with Crippen molar-refractivity contribution in [3.63, 3.8) is 0 Å². The van der Waals surface area contributed by atoms with Crippen molar-refractivity contribution < 1.29 is 14.3 Å². The van der Waals surface area contributed by atoms with Gasteiger partial charge in [0, 0.05) is 0 Å². The Labute approximate surface area is 146 Å². The van der Waals surface area contributed by atoms with Crippen molar-refractivity contribution in [1.82, 2.24) is 0 Å². The number of benzene rings is 1. The lowest BCUT2D eigenvalue weighted by Gasteiger charge is -2.08. The van der Waals surface area contributed by atoms with E-state index in [0.717, 1.165) is 6.42 Å². The van der Waals surface area contributed by atoms with E-state index in [0.29, 0.717) is 18.8 Å². The standard InChI is InChI=1S/C21H32O3/c1-3-4-5-6-7-8-9-10-11-18-12-14-19(15-13-18)20(22)23-16-21(2)17-24-21/h12-15H,3-11,16-17H2,1-2H3. The molecular weight excluding hydrogens is 300 g/mol. The average Bonchev–Trinajstić information content (AvgIpc) is 3.33. The molecule has 0 saturated carbocycles. The molecular formula is C21H32O3. The van der Waals surface area contributed by atoms with Gasteiger partial charge in [-0.15, -0.1) is 0 Å². The molecule has 3 nitrogen and oxygen atoms in total. The van der Waals surface area contributed by atoms with E-state index in [2.05, 4.69) is 6.92 Å². The normalized spacial score (nSPS) is 19.2. The van der Waals surface area contributed by atoms with Gasteiger partial charge in [-0.25, -0.2) is 4.79 Å². The molecule has 0 N–H and O–H groups in total. The second-order valence-electron chi connectivity index (χ2n) is 7.24. The number of ether oxygens (including phenoxy) is 2. The van der Waals surface area contributed by atoms with Gasteiger partial charge in [-0.1, -0.05) is 64.0 Å². The van der Waals surface area contributed by atoms with Crippen molar-refractivity contribution in [3.8, 4) is 0 Å². The third-order valence-corrected chi connectivity index (χ3v) is 4.65. The molecule has 0 aliphatic carbocycles. The van der Waals surface area contributed by atoms with Crippen LogP contribution in [0.4, 0.5) is 0 Å². The average molecular weight is 332 g/mol. The molecule has 1 fully saturated rings. The van der Waals surface area contributed by atoms with Crippen LogP contribution in [0.2, 0.25) is 0 Å². The van der Waals surface area contributed by atoms with Gasteiger partial charge in [-0.2, -0.15) is 0 Å². The zero-order valence-electron chi connectivity index (χ0n) is 15.3. The molecule has 134 valence electrons. The molecule has 1 heterocycles. The minimum Gasteiger partial charge on any atom is -0.459 e. The largest absolute Gasteiger partial charge is 0.459 e. The van der Waals surface area contributed by atoms with E-state index >= 15 is 0 Å². The van der Waals surface area contributed by atoms with Crippen LogP contribution in [0.15, 0.2) is 24.3 Å². The number of carbonyl (C=O) groups is 1. The van der Waals surface area contributed by atoms with Crippen molar-refractivity contribution in [2.24, 2.45) is 0 Å². The third-order valence-electron chi connectivity index (χ3n) is 4.65. The van der Waals surface area contributed by atoms with E-state index in [9.17, 15) is 4.79 Å². The van der Waals surface area contributed by atoms with Gasteiger partial charge in [0.2, 0.25) is 0 Å². The van der Waals surface area contributed by atoms with Gasteiger partial charge in [-0.3, -0.25) is 0 Å². The first kappa shape index (κ1) is 19.0. The lowest BCUT2D eigenvalue weighted by molar-refractivity contribution is 0.0411. The second kappa shape index (κ2) is 9.83. The lowest BCUT2D eigenvalue weighted by Crippen LogP contribution is -2.18. The fraction of sp³-hybridized carbons (Fsp3) is 0.667. The van der Waals surface area contributed by atoms with Crippen molar-refractivity contribution in [1.29, 1.82) is 0 Å². The highest BCUT2D eigenvalue weighted by atomic mass is 16.6. The Kier molecular flexibility index (Phi) is 7.77. The number of rotatable bonds is 12. The van der Waals surface area contributed by atoms with E-state index in [1.165, 1.54) is 56.9 Å². The third kappa shape index (κ3) is 7.04. The molecule has 1 aliphatic heterocycles. The highest BCUT2D eigenvalue weighted by Gasteiger charge is 2.40. The SMILES string of the molecule is CCCCCCCCCCc1ccc(C(=O)OCC2(C)CO2)cc1.